The predicted octanol–water partition coefficient (Wildman–Crippen LogP) is 1.11. The van der Waals surface area contributed by atoms with E-state index in [-0.39, 0.29) is 12.5 Å². The summed E-state index contributed by atoms with van der Waals surface area (Å²) in [6.45, 7) is 1.62. The van der Waals surface area contributed by atoms with E-state index in [2.05, 4.69) is 36.2 Å². The van der Waals surface area contributed by atoms with Crippen LogP contribution < -0.4 is 16.4 Å². The third kappa shape index (κ3) is 3.87. The first kappa shape index (κ1) is 17.2. The van der Waals surface area contributed by atoms with Crippen LogP contribution in [0.25, 0.3) is 11.6 Å². The summed E-state index contributed by atoms with van der Waals surface area (Å²) in [5, 5.41) is 22.1. The van der Waals surface area contributed by atoms with E-state index < -0.39 is 0 Å². The zero-order valence-electron chi connectivity index (χ0n) is 14.1. The molecule has 132 valence electrons. The van der Waals surface area contributed by atoms with Gasteiger partial charge < -0.3 is 26.3 Å². The zero-order valence-corrected chi connectivity index (χ0v) is 14.1. The van der Waals surface area contributed by atoms with Gasteiger partial charge in [0.1, 0.15) is 12.4 Å². The lowest BCUT2D eigenvalue weighted by molar-refractivity contribution is 0.536. The van der Waals surface area contributed by atoms with Gasteiger partial charge in [-0.15, -0.1) is 0 Å². The number of allylic oxidation sites excluding steroid dienone is 1. The molecule has 0 saturated carbocycles. The Kier molecular flexibility index (Phi) is 5.24. The van der Waals surface area contributed by atoms with Crippen molar-refractivity contribution in [1.29, 1.82) is 10.7 Å². The molecule has 1 atom stereocenters. The summed E-state index contributed by atoms with van der Waals surface area (Å²) in [6.07, 6.45) is 12.1. The van der Waals surface area contributed by atoms with Crippen LogP contribution in [-0.2, 0) is 6.54 Å². The standard InChI is InChI=1S/C17H19N9/c18-3-4-21-9-13(7-19)14-10-23-16(20)17(25-14)24-8-12-1-2-15-22-5-6-26(15)11-12/h1-2,5-7,9-10,12,19,21H,4,8,11H2,(H2,20,23)(H,24,25)/b13-9+,19-7?. The van der Waals surface area contributed by atoms with Crippen molar-refractivity contribution in [2.45, 2.75) is 6.54 Å². The van der Waals surface area contributed by atoms with Gasteiger partial charge in [0, 0.05) is 49.4 Å². The number of fused-ring (bicyclic) bond motifs is 1. The molecule has 3 rings (SSSR count). The van der Waals surface area contributed by atoms with E-state index in [9.17, 15) is 0 Å². The average molecular weight is 349 g/mol. The number of nitrogens with zero attached hydrogens (tertiary/aromatic N) is 5. The summed E-state index contributed by atoms with van der Waals surface area (Å²) in [5.74, 6) is 2.00. The Bertz CT molecular complexity index is 888. The third-order valence-corrected chi connectivity index (χ3v) is 3.92. The van der Waals surface area contributed by atoms with Crippen LogP contribution in [-0.4, -0.2) is 38.8 Å². The van der Waals surface area contributed by atoms with Crippen LogP contribution in [0, 0.1) is 22.7 Å². The first-order valence-electron chi connectivity index (χ1n) is 8.08. The van der Waals surface area contributed by atoms with E-state index in [1.807, 2.05) is 18.3 Å². The number of nitriles is 1. The molecule has 0 bridgehead atoms. The van der Waals surface area contributed by atoms with Gasteiger partial charge in [-0.3, -0.25) is 0 Å². The number of aromatic nitrogens is 4. The SMILES string of the molecule is N#CCN/C=C(\C=N)c1cnc(N)c(NCC2C=Cc3nccn3C2)n1. The van der Waals surface area contributed by atoms with Crippen LogP contribution in [0.15, 0.2) is 30.9 Å². The largest absolute Gasteiger partial charge is 0.381 e. The van der Waals surface area contributed by atoms with Crippen LogP contribution in [0.4, 0.5) is 11.6 Å². The molecular weight excluding hydrogens is 330 g/mol. The molecule has 26 heavy (non-hydrogen) atoms. The molecular formula is C17H19N9. The smallest absolute Gasteiger partial charge is 0.169 e. The van der Waals surface area contributed by atoms with Gasteiger partial charge in [0.25, 0.3) is 0 Å². The molecule has 9 heteroatoms. The molecule has 0 fully saturated rings. The molecule has 9 nitrogen and oxygen atoms in total. The Hall–Kier alpha value is -3.67. The molecule has 5 N–H and O–H groups in total. The molecule has 0 aromatic carbocycles. The summed E-state index contributed by atoms with van der Waals surface area (Å²) >= 11 is 0. The number of hydrogen-bond donors (Lipinski definition) is 4. The van der Waals surface area contributed by atoms with Gasteiger partial charge in [-0.1, -0.05) is 6.08 Å². The normalized spacial score (nSPS) is 15.8. The Morgan fingerprint density at radius 1 is 1.50 bits per heavy atom. The first-order chi connectivity index (χ1) is 12.7. The minimum absolute atomic E-state index is 0.148. The number of rotatable bonds is 7. The Labute approximate surface area is 150 Å². The van der Waals surface area contributed by atoms with Crippen LogP contribution in [0.3, 0.4) is 0 Å². The molecule has 0 amide bonds. The molecule has 1 aliphatic rings. The molecule has 0 radical (unpaired) electrons. The van der Waals surface area contributed by atoms with E-state index in [4.69, 9.17) is 16.4 Å². The van der Waals surface area contributed by atoms with Crippen molar-refractivity contribution in [1.82, 2.24) is 24.8 Å². The van der Waals surface area contributed by atoms with Crippen molar-refractivity contribution >= 4 is 29.5 Å². The zero-order chi connectivity index (χ0) is 18.4. The maximum Gasteiger partial charge on any atom is 0.169 e. The molecule has 1 unspecified atom stereocenters. The van der Waals surface area contributed by atoms with Crippen LogP contribution in [0.2, 0.25) is 0 Å². The fourth-order valence-corrected chi connectivity index (χ4v) is 2.59. The number of nitrogens with two attached hydrogens (primary N) is 1. The van der Waals surface area contributed by atoms with Crippen LogP contribution >= 0.6 is 0 Å². The summed E-state index contributed by atoms with van der Waals surface area (Å²) in [4.78, 5) is 12.9. The van der Waals surface area contributed by atoms with Crippen molar-refractivity contribution in [3.8, 4) is 6.07 Å². The molecule has 0 aliphatic carbocycles. The van der Waals surface area contributed by atoms with E-state index >= 15 is 0 Å². The van der Waals surface area contributed by atoms with E-state index in [1.165, 1.54) is 6.20 Å². The number of anilines is 2. The summed E-state index contributed by atoms with van der Waals surface area (Å²) in [6, 6.07) is 1.97. The maximum absolute atomic E-state index is 8.58. The second-order valence-corrected chi connectivity index (χ2v) is 5.71. The predicted molar refractivity (Wildman–Crippen MR) is 100 cm³/mol. The van der Waals surface area contributed by atoms with Crippen molar-refractivity contribution in [2.24, 2.45) is 5.92 Å². The van der Waals surface area contributed by atoms with Crippen molar-refractivity contribution < 1.29 is 0 Å². The lowest BCUT2D eigenvalue weighted by atomic mass is 10.1. The van der Waals surface area contributed by atoms with Gasteiger partial charge in [-0.05, 0) is 6.08 Å². The molecule has 3 heterocycles. The average Bonchev–Trinajstić information content (AvgIpc) is 3.13. The molecule has 0 spiro atoms. The highest BCUT2D eigenvalue weighted by atomic mass is 15.1. The van der Waals surface area contributed by atoms with Crippen LogP contribution in [0.1, 0.15) is 11.5 Å². The Morgan fingerprint density at radius 3 is 3.19 bits per heavy atom. The molecule has 1 aliphatic heterocycles. The Balaban J connectivity index is 1.69. The van der Waals surface area contributed by atoms with Gasteiger partial charge in [0.2, 0.25) is 0 Å². The molecule has 2 aromatic rings. The van der Waals surface area contributed by atoms with E-state index in [1.54, 1.807) is 12.4 Å². The third-order valence-electron chi connectivity index (χ3n) is 3.92. The second-order valence-electron chi connectivity index (χ2n) is 5.71. The molecule has 2 aromatic heterocycles. The first-order valence-corrected chi connectivity index (χ1v) is 8.08. The topological polar surface area (TPSA) is 141 Å². The maximum atomic E-state index is 8.58. The van der Waals surface area contributed by atoms with E-state index in [0.29, 0.717) is 29.4 Å². The minimum Gasteiger partial charge on any atom is -0.381 e. The van der Waals surface area contributed by atoms with Crippen molar-refractivity contribution in [2.75, 3.05) is 24.1 Å². The highest BCUT2D eigenvalue weighted by Crippen LogP contribution is 2.19. The van der Waals surface area contributed by atoms with Crippen molar-refractivity contribution in [3.63, 3.8) is 0 Å². The van der Waals surface area contributed by atoms with Gasteiger partial charge in [-0.2, -0.15) is 5.26 Å². The molecule has 0 saturated heterocycles. The van der Waals surface area contributed by atoms with Gasteiger partial charge in [-0.25, -0.2) is 15.0 Å². The number of nitrogens with one attached hydrogen (secondary N) is 3. The van der Waals surface area contributed by atoms with Crippen LogP contribution in [0.5, 0.6) is 0 Å². The number of hydrogen-bond acceptors (Lipinski definition) is 8. The summed E-state index contributed by atoms with van der Waals surface area (Å²) in [7, 11) is 0. The van der Waals surface area contributed by atoms with E-state index in [0.717, 1.165) is 18.6 Å². The second kappa shape index (κ2) is 7.94. The lowest BCUT2D eigenvalue weighted by Gasteiger charge is -2.20. The fraction of sp³-hybridized carbons (Fsp3) is 0.235. The number of imidazole rings is 1. The monoisotopic (exact) mass is 349 g/mol. The highest BCUT2D eigenvalue weighted by Gasteiger charge is 2.15. The lowest BCUT2D eigenvalue weighted by Crippen LogP contribution is -2.22. The Morgan fingerprint density at radius 2 is 2.38 bits per heavy atom. The summed E-state index contributed by atoms with van der Waals surface area (Å²) < 4.78 is 2.09. The minimum atomic E-state index is 0.148. The van der Waals surface area contributed by atoms with Crippen molar-refractivity contribution in [3.05, 3.63) is 42.4 Å². The van der Waals surface area contributed by atoms with Gasteiger partial charge in [0.05, 0.1) is 18.0 Å². The fourth-order valence-electron chi connectivity index (χ4n) is 2.59. The summed E-state index contributed by atoms with van der Waals surface area (Å²) in [5.41, 5.74) is 6.93. The van der Waals surface area contributed by atoms with Gasteiger partial charge >= 0.3 is 0 Å². The number of nitrogen functional groups attached to an aromatic ring is 1. The van der Waals surface area contributed by atoms with Gasteiger partial charge in [0.15, 0.2) is 11.6 Å². The quantitative estimate of drug-likeness (QED) is 0.333. The highest BCUT2D eigenvalue weighted by molar-refractivity contribution is 6.07.